The van der Waals surface area contributed by atoms with Gasteiger partial charge in [0.15, 0.2) is 11.6 Å². The predicted molar refractivity (Wildman–Crippen MR) is 83.7 cm³/mol. The second-order valence-corrected chi connectivity index (χ2v) is 4.91. The Balaban J connectivity index is 1.80. The molecule has 3 N–H and O–H groups in total. The van der Waals surface area contributed by atoms with Crippen LogP contribution in [0.2, 0.25) is 0 Å². The number of hydrogen-bond donors (Lipinski definition) is 2. The summed E-state index contributed by atoms with van der Waals surface area (Å²) in [7, 11) is 0. The van der Waals surface area contributed by atoms with Crippen LogP contribution in [0.15, 0.2) is 30.5 Å². The predicted octanol–water partition coefficient (Wildman–Crippen LogP) is 0.899. The van der Waals surface area contributed by atoms with E-state index in [0.717, 1.165) is 5.39 Å². The first-order valence-corrected chi connectivity index (χ1v) is 7.05. The number of fused-ring (bicyclic) bond motifs is 1. The summed E-state index contributed by atoms with van der Waals surface area (Å²) in [6.45, 7) is 1.66. The van der Waals surface area contributed by atoms with Gasteiger partial charge < -0.3 is 11.1 Å². The van der Waals surface area contributed by atoms with E-state index in [1.54, 1.807) is 25.1 Å². The van der Waals surface area contributed by atoms with Gasteiger partial charge in [0.1, 0.15) is 6.54 Å². The zero-order chi connectivity index (χ0) is 16.4. The molecule has 9 nitrogen and oxygen atoms in total. The molecule has 118 valence electrons. The molecule has 0 aliphatic heterocycles. The first kappa shape index (κ1) is 14.7. The van der Waals surface area contributed by atoms with Gasteiger partial charge in [-0.15, -0.1) is 10.2 Å². The van der Waals surface area contributed by atoms with Crippen molar-refractivity contribution >= 4 is 34.4 Å². The minimum absolute atomic E-state index is 0.0693. The number of nitrogens with zero attached hydrogens (tertiary/aromatic N) is 5. The summed E-state index contributed by atoms with van der Waals surface area (Å²) in [5, 5.41) is 15.0. The normalized spacial score (nSPS) is 10.8. The third-order valence-corrected chi connectivity index (χ3v) is 3.28. The molecule has 0 aliphatic carbocycles. The van der Waals surface area contributed by atoms with Gasteiger partial charge in [-0.1, -0.05) is 24.3 Å². The summed E-state index contributed by atoms with van der Waals surface area (Å²) in [6, 6.07) is 7.20. The maximum absolute atomic E-state index is 12.4. The molecule has 0 radical (unpaired) electrons. The third kappa shape index (κ3) is 2.89. The topological polar surface area (TPSA) is 121 Å². The van der Waals surface area contributed by atoms with Gasteiger partial charge in [0, 0.05) is 11.8 Å². The Kier molecular flexibility index (Phi) is 3.75. The Hall–Kier alpha value is -3.23. The number of rotatable bonds is 4. The van der Waals surface area contributed by atoms with Crippen molar-refractivity contribution in [2.45, 2.75) is 19.9 Å². The molecule has 2 heterocycles. The van der Waals surface area contributed by atoms with E-state index in [2.05, 4.69) is 20.7 Å². The molecule has 0 spiro atoms. The highest BCUT2D eigenvalue weighted by molar-refractivity contribution is 5.96. The number of amides is 1. The van der Waals surface area contributed by atoms with Gasteiger partial charge in [-0.05, 0) is 12.1 Å². The maximum Gasteiger partial charge on any atom is 0.269 e. The second-order valence-electron chi connectivity index (χ2n) is 4.91. The molecule has 0 saturated heterocycles. The number of para-hydroxylation sites is 1. The summed E-state index contributed by atoms with van der Waals surface area (Å²) in [4.78, 5) is 23.7. The maximum atomic E-state index is 12.4. The van der Waals surface area contributed by atoms with Crippen LogP contribution in [0.4, 0.5) is 11.6 Å². The van der Waals surface area contributed by atoms with E-state index in [1.807, 2.05) is 6.07 Å². The zero-order valence-corrected chi connectivity index (χ0v) is 12.4. The summed E-state index contributed by atoms with van der Waals surface area (Å²) >= 11 is 0. The van der Waals surface area contributed by atoms with Gasteiger partial charge in [0.25, 0.3) is 5.91 Å². The molecule has 0 unspecified atom stereocenters. The molecule has 0 atom stereocenters. The first-order chi connectivity index (χ1) is 11.1. The summed E-state index contributed by atoms with van der Waals surface area (Å²) < 4.78 is 2.58. The van der Waals surface area contributed by atoms with Gasteiger partial charge in [-0.2, -0.15) is 4.68 Å². The van der Waals surface area contributed by atoms with Crippen molar-refractivity contribution in [3.05, 3.63) is 30.5 Å². The molecule has 9 heteroatoms. The molecule has 0 saturated carbocycles. The van der Waals surface area contributed by atoms with E-state index >= 15 is 0 Å². The number of nitrogens with two attached hydrogens (primary N) is 1. The molecule has 0 fully saturated rings. The lowest BCUT2D eigenvalue weighted by molar-refractivity contribution is -0.115. The van der Waals surface area contributed by atoms with Crippen LogP contribution in [0.3, 0.4) is 0 Å². The Morgan fingerprint density at radius 1 is 1.30 bits per heavy atom. The Morgan fingerprint density at radius 2 is 2.09 bits per heavy atom. The lowest BCUT2D eigenvalue weighted by Gasteiger charge is -2.01. The van der Waals surface area contributed by atoms with Crippen molar-refractivity contribution in [3.63, 3.8) is 0 Å². The number of carbonyl (C=O) groups excluding carboxylic acids is 2. The fourth-order valence-electron chi connectivity index (χ4n) is 2.15. The van der Waals surface area contributed by atoms with Crippen LogP contribution >= 0.6 is 0 Å². The summed E-state index contributed by atoms with van der Waals surface area (Å²) in [5.41, 5.74) is 6.45. The average molecular weight is 313 g/mol. The lowest BCUT2D eigenvalue weighted by atomic mass is 10.2. The Morgan fingerprint density at radius 3 is 2.87 bits per heavy atom. The van der Waals surface area contributed by atoms with E-state index in [4.69, 9.17) is 5.73 Å². The monoisotopic (exact) mass is 313 g/mol. The molecule has 1 amide bonds. The molecular weight excluding hydrogens is 298 g/mol. The smallest absolute Gasteiger partial charge is 0.269 e. The second kappa shape index (κ2) is 5.87. The summed E-state index contributed by atoms with van der Waals surface area (Å²) in [6.07, 6.45) is 1.82. The summed E-state index contributed by atoms with van der Waals surface area (Å²) in [5.74, 6) is 0.114. The largest absolute Gasteiger partial charge is 0.382 e. The van der Waals surface area contributed by atoms with E-state index < -0.39 is 0 Å². The molecule has 2 aromatic heterocycles. The van der Waals surface area contributed by atoms with Gasteiger partial charge in [0.2, 0.25) is 5.91 Å². The van der Waals surface area contributed by atoms with Gasteiger partial charge in [-0.3, -0.25) is 9.59 Å². The minimum Gasteiger partial charge on any atom is -0.382 e. The first-order valence-electron chi connectivity index (χ1n) is 7.05. The molecule has 3 rings (SSSR count). The molecule has 1 aromatic carbocycles. The lowest BCUT2D eigenvalue weighted by Crippen LogP contribution is -2.19. The molecular formula is C14H15N7O2. The van der Waals surface area contributed by atoms with Gasteiger partial charge in [0.05, 0.1) is 11.7 Å². The fraction of sp³-hybridized carbons (Fsp3) is 0.214. The van der Waals surface area contributed by atoms with Crippen LogP contribution in [0.5, 0.6) is 0 Å². The van der Waals surface area contributed by atoms with Crippen molar-refractivity contribution in [2.75, 3.05) is 11.1 Å². The van der Waals surface area contributed by atoms with Crippen LogP contribution in [0.25, 0.3) is 10.9 Å². The van der Waals surface area contributed by atoms with Crippen LogP contribution in [-0.2, 0) is 11.3 Å². The number of aromatic nitrogens is 5. The van der Waals surface area contributed by atoms with Crippen molar-refractivity contribution in [2.24, 2.45) is 0 Å². The van der Waals surface area contributed by atoms with Crippen molar-refractivity contribution in [3.8, 4) is 0 Å². The van der Waals surface area contributed by atoms with Crippen LogP contribution in [0.1, 0.15) is 18.1 Å². The van der Waals surface area contributed by atoms with Crippen LogP contribution in [-0.4, -0.2) is 36.6 Å². The molecule has 3 aromatic rings. The molecule has 0 bridgehead atoms. The Bertz CT molecular complexity index is 880. The van der Waals surface area contributed by atoms with Crippen LogP contribution < -0.4 is 11.1 Å². The number of benzene rings is 1. The fourth-order valence-corrected chi connectivity index (χ4v) is 2.15. The highest BCUT2D eigenvalue weighted by Gasteiger charge is 2.15. The number of anilines is 2. The van der Waals surface area contributed by atoms with E-state index in [-0.39, 0.29) is 18.4 Å². The van der Waals surface area contributed by atoms with E-state index in [0.29, 0.717) is 23.6 Å². The number of hydrogen-bond acceptors (Lipinski definition) is 6. The average Bonchev–Trinajstić information content (AvgIpc) is 3.12. The Labute approximate surface area is 131 Å². The highest BCUT2D eigenvalue weighted by atomic mass is 16.2. The highest BCUT2D eigenvalue weighted by Crippen LogP contribution is 2.19. The SMILES string of the molecule is CCC(=O)Nc1cn(CC(=O)n2nc(N)c3ccccc32)nn1. The van der Waals surface area contributed by atoms with Gasteiger partial charge in [-0.25, -0.2) is 4.68 Å². The van der Waals surface area contributed by atoms with E-state index in [1.165, 1.54) is 15.6 Å². The van der Waals surface area contributed by atoms with Crippen molar-refractivity contribution in [1.82, 2.24) is 24.8 Å². The third-order valence-electron chi connectivity index (χ3n) is 3.28. The zero-order valence-electron chi connectivity index (χ0n) is 12.4. The molecule has 23 heavy (non-hydrogen) atoms. The standard InChI is InChI=1S/C14H15N7O2/c1-2-12(22)16-11-7-20(19-17-11)8-13(23)21-10-6-4-3-5-9(10)14(15)18-21/h3-7H,2,8H2,1H3,(H2,15,18)(H,16,22). The van der Waals surface area contributed by atoms with Crippen LogP contribution in [0, 0.1) is 0 Å². The number of nitrogen functional groups attached to an aromatic ring is 1. The number of nitrogens with one attached hydrogen (secondary N) is 1. The quantitative estimate of drug-likeness (QED) is 0.738. The molecule has 0 aliphatic rings. The van der Waals surface area contributed by atoms with Crippen molar-refractivity contribution < 1.29 is 9.59 Å². The minimum atomic E-state index is -0.309. The van der Waals surface area contributed by atoms with E-state index in [9.17, 15) is 9.59 Å². The number of carbonyl (C=O) groups is 2. The van der Waals surface area contributed by atoms with Crippen molar-refractivity contribution in [1.29, 1.82) is 0 Å². The van der Waals surface area contributed by atoms with Gasteiger partial charge >= 0.3 is 0 Å².